The fourth-order valence-electron chi connectivity index (χ4n) is 5.67. The molecule has 8 heteroatoms. The second kappa shape index (κ2) is 12.5. The van der Waals surface area contributed by atoms with Gasteiger partial charge in [-0.1, -0.05) is 24.3 Å². The second-order valence-corrected chi connectivity index (χ2v) is 11.3. The molecule has 42 heavy (non-hydrogen) atoms. The van der Waals surface area contributed by atoms with Crippen molar-refractivity contribution in [2.75, 3.05) is 55.6 Å². The van der Waals surface area contributed by atoms with Crippen LogP contribution in [0.4, 0.5) is 0 Å². The standard InChI is InChI=1S/C34H42N2O6/c1-21(12-14-35(2)3)16-32(39-6)34(40-7)33-24-9-11-28(24)41-29-18-22(8-10-27(29)37)17-26-25-20-31(42-33)30(38-5)19-23(25)13-15-36(26)4/h8-10,16,18-20,26,28,37H,1,11-15,17H2,2-7H3/b32-16+,34-33?/t26?,28-/m1/s1. The highest BCUT2D eigenvalue weighted by atomic mass is 16.6. The Morgan fingerprint density at radius 2 is 1.95 bits per heavy atom. The molecule has 5 rings (SSSR count). The molecule has 0 saturated carbocycles. The van der Waals surface area contributed by atoms with Crippen molar-refractivity contribution in [2.45, 2.75) is 37.8 Å². The maximum absolute atomic E-state index is 10.7. The first-order valence-electron chi connectivity index (χ1n) is 14.4. The number of ether oxygens (including phenoxy) is 5. The highest BCUT2D eigenvalue weighted by Crippen LogP contribution is 2.44. The molecule has 0 amide bonds. The number of methoxy groups -OCH3 is 3. The van der Waals surface area contributed by atoms with Gasteiger partial charge in [-0.05, 0) is 87.4 Å². The SMILES string of the molecule is C=C(/C=C(/OC)C(OC)=C1Oc2cc3c(cc2OC)CCN(C)C3Cc2ccc(O)c(c2)O[C@@H]2CC=C12)CCN(C)C. The molecule has 8 nitrogen and oxygen atoms in total. The first-order chi connectivity index (χ1) is 20.2. The van der Waals surface area contributed by atoms with Crippen LogP contribution in [-0.4, -0.2) is 76.6 Å². The molecule has 0 radical (unpaired) electrons. The largest absolute Gasteiger partial charge is 0.504 e. The van der Waals surface area contributed by atoms with Crippen molar-refractivity contribution < 1.29 is 28.8 Å². The average Bonchev–Trinajstić information content (AvgIpc) is 2.96. The molecule has 4 bridgehead atoms. The minimum absolute atomic E-state index is 0.105. The van der Waals surface area contributed by atoms with Gasteiger partial charge in [0.05, 0.1) is 21.3 Å². The van der Waals surface area contributed by atoms with E-state index in [1.165, 1.54) is 11.1 Å². The normalized spacial score (nSPS) is 21.2. The van der Waals surface area contributed by atoms with Gasteiger partial charge in [0.1, 0.15) is 6.10 Å². The maximum atomic E-state index is 10.7. The second-order valence-electron chi connectivity index (χ2n) is 11.3. The molecule has 2 aliphatic heterocycles. The van der Waals surface area contributed by atoms with Crippen LogP contribution in [0, 0.1) is 0 Å². The minimum atomic E-state index is -0.360. The number of rotatable bonds is 8. The first kappa shape index (κ1) is 29.6. The van der Waals surface area contributed by atoms with Gasteiger partial charge in [-0.3, -0.25) is 4.90 Å². The molecule has 1 aliphatic carbocycles. The third-order valence-electron chi connectivity index (χ3n) is 8.22. The van der Waals surface area contributed by atoms with Crippen LogP contribution in [0.15, 0.2) is 77.5 Å². The molecule has 2 aromatic rings. The summed E-state index contributed by atoms with van der Waals surface area (Å²) in [7, 11) is 11.1. The average molecular weight is 575 g/mol. The molecule has 3 aliphatic rings. The Morgan fingerprint density at radius 1 is 1.14 bits per heavy atom. The lowest BCUT2D eigenvalue weighted by Crippen LogP contribution is -2.33. The van der Waals surface area contributed by atoms with Gasteiger partial charge < -0.3 is 33.7 Å². The third-order valence-corrected chi connectivity index (χ3v) is 8.22. The Hall–Kier alpha value is -3.88. The lowest BCUT2D eigenvalue weighted by molar-refractivity contribution is 0.183. The van der Waals surface area contributed by atoms with Crippen LogP contribution < -0.4 is 14.2 Å². The Balaban J connectivity index is 1.69. The van der Waals surface area contributed by atoms with Crippen molar-refractivity contribution in [1.29, 1.82) is 0 Å². The summed E-state index contributed by atoms with van der Waals surface area (Å²) in [5.74, 6) is 3.17. The summed E-state index contributed by atoms with van der Waals surface area (Å²) in [6, 6.07) is 9.94. The molecule has 0 fully saturated rings. The number of nitrogens with zero attached hydrogens (tertiary/aromatic N) is 2. The lowest BCUT2D eigenvalue weighted by atomic mass is 9.88. The van der Waals surface area contributed by atoms with E-state index >= 15 is 0 Å². The molecule has 0 aromatic heterocycles. The van der Waals surface area contributed by atoms with Crippen molar-refractivity contribution in [3.8, 4) is 23.0 Å². The summed E-state index contributed by atoms with van der Waals surface area (Å²) in [6.45, 7) is 6.02. The number of fused-ring (bicyclic) bond motifs is 4. The van der Waals surface area contributed by atoms with E-state index < -0.39 is 0 Å². The number of hydrogen-bond donors (Lipinski definition) is 1. The Morgan fingerprint density at radius 3 is 2.62 bits per heavy atom. The van der Waals surface area contributed by atoms with Gasteiger partial charge in [0.15, 0.2) is 34.5 Å². The molecule has 224 valence electrons. The van der Waals surface area contributed by atoms with E-state index in [4.69, 9.17) is 23.7 Å². The van der Waals surface area contributed by atoms with E-state index in [2.05, 4.69) is 41.6 Å². The molecular weight excluding hydrogens is 532 g/mol. The van der Waals surface area contributed by atoms with Crippen molar-refractivity contribution in [1.82, 2.24) is 9.80 Å². The van der Waals surface area contributed by atoms with Gasteiger partial charge in [0, 0.05) is 31.1 Å². The molecule has 2 aromatic carbocycles. The van der Waals surface area contributed by atoms with Crippen LogP contribution in [-0.2, 0) is 22.3 Å². The number of phenolic OH excluding ortho intramolecular Hbond substituents is 1. The van der Waals surface area contributed by atoms with Crippen LogP contribution in [0.1, 0.15) is 35.6 Å². The predicted octanol–water partition coefficient (Wildman–Crippen LogP) is 5.54. The zero-order chi connectivity index (χ0) is 30.0. The quantitative estimate of drug-likeness (QED) is 0.326. The van der Waals surface area contributed by atoms with Crippen molar-refractivity contribution in [3.05, 3.63) is 94.2 Å². The fraction of sp³-hybridized carbons (Fsp3) is 0.412. The van der Waals surface area contributed by atoms with E-state index in [0.717, 1.165) is 49.1 Å². The lowest BCUT2D eigenvalue weighted by Gasteiger charge is -2.35. The van der Waals surface area contributed by atoms with Crippen LogP contribution >= 0.6 is 0 Å². The van der Waals surface area contributed by atoms with Gasteiger partial charge in [-0.25, -0.2) is 0 Å². The number of likely N-dealkylation sites (N-methyl/N-ethyl adjacent to an activating group) is 1. The first-order valence-corrected chi connectivity index (χ1v) is 14.4. The molecule has 0 saturated heterocycles. The van der Waals surface area contributed by atoms with Gasteiger partial charge in [0.25, 0.3) is 0 Å². The minimum Gasteiger partial charge on any atom is -0.504 e. The summed E-state index contributed by atoms with van der Waals surface area (Å²) in [6.07, 6.45) is 6.67. The van der Waals surface area contributed by atoms with Crippen LogP contribution in [0.2, 0.25) is 0 Å². The molecule has 2 heterocycles. The summed E-state index contributed by atoms with van der Waals surface area (Å²) in [5, 5.41) is 10.7. The Labute approximate surface area is 249 Å². The number of allylic oxidation sites excluding steroid dienone is 1. The van der Waals surface area contributed by atoms with Crippen LogP contribution in [0.5, 0.6) is 23.0 Å². The maximum Gasteiger partial charge on any atom is 0.204 e. The smallest absolute Gasteiger partial charge is 0.204 e. The zero-order valence-corrected chi connectivity index (χ0v) is 25.5. The fourth-order valence-corrected chi connectivity index (χ4v) is 5.67. The molecular formula is C34H42N2O6. The van der Waals surface area contributed by atoms with E-state index in [0.29, 0.717) is 40.9 Å². The van der Waals surface area contributed by atoms with E-state index in [1.807, 2.05) is 32.3 Å². The van der Waals surface area contributed by atoms with Crippen molar-refractivity contribution >= 4 is 0 Å². The van der Waals surface area contributed by atoms with Gasteiger partial charge >= 0.3 is 0 Å². The van der Waals surface area contributed by atoms with Crippen molar-refractivity contribution in [2.24, 2.45) is 0 Å². The van der Waals surface area contributed by atoms with E-state index in [9.17, 15) is 5.11 Å². The van der Waals surface area contributed by atoms with Crippen LogP contribution in [0.25, 0.3) is 0 Å². The number of hydrogen-bond acceptors (Lipinski definition) is 8. The third kappa shape index (κ3) is 6.01. The zero-order valence-electron chi connectivity index (χ0n) is 25.5. The molecule has 1 N–H and O–H groups in total. The highest BCUT2D eigenvalue weighted by Gasteiger charge is 2.35. The summed E-state index contributed by atoms with van der Waals surface area (Å²) in [5.41, 5.74) is 5.21. The van der Waals surface area contributed by atoms with Gasteiger partial charge in [-0.2, -0.15) is 0 Å². The number of aromatic hydroxyl groups is 1. The Kier molecular flexibility index (Phi) is 8.85. The number of phenols is 1. The monoisotopic (exact) mass is 574 g/mol. The highest BCUT2D eigenvalue weighted by molar-refractivity contribution is 5.54. The topological polar surface area (TPSA) is 72.9 Å². The van der Waals surface area contributed by atoms with Gasteiger partial charge in [-0.15, -0.1) is 0 Å². The summed E-state index contributed by atoms with van der Waals surface area (Å²) in [4.78, 5) is 4.47. The van der Waals surface area contributed by atoms with E-state index in [1.54, 1.807) is 27.4 Å². The summed E-state index contributed by atoms with van der Waals surface area (Å²) < 4.78 is 30.9. The van der Waals surface area contributed by atoms with Crippen molar-refractivity contribution in [3.63, 3.8) is 0 Å². The van der Waals surface area contributed by atoms with E-state index in [-0.39, 0.29) is 17.9 Å². The molecule has 0 spiro atoms. The Bertz CT molecular complexity index is 1440. The molecule has 2 atom stereocenters. The predicted molar refractivity (Wildman–Crippen MR) is 163 cm³/mol. The molecule has 1 unspecified atom stereocenters. The van der Waals surface area contributed by atoms with Gasteiger partial charge in [0.2, 0.25) is 5.76 Å². The summed E-state index contributed by atoms with van der Waals surface area (Å²) >= 11 is 0. The number of benzene rings is 2. The van der Waals surface area contributed by atoms with Crippen LogP contribution in [0.3, 0.4) is 0 Å².